The van der Waals surface area contributed by atoms with Crippen LogP contribution in [0, 0.1) is 0 Å². The molecule has 6 aromatic rings. The lowest BCUT2D eigenvalue weighted by Crippen LogP contribution is -2.48. The van der Waals surface area contributed by atoms with Crippen LogP contribution in [0.1, 0.15) is 28.9 Å². The normalized spacial score (nSPS) is 18.2. The highest BCUT2D eigenvalue weighted by atomic mass is 35.5. The minimum absolute atomic E-state index is 0.129. The summed E-state index contributed by atoms with van der Waals surface area (Å²) >= 11 is 32.9. The Hall–Kier alpha value is -3.91. The van der Waals surface area contributed by atoms with Crippen molar-refractivity contribution in [3.8, 4) is 5.75 Å². The Kier molecular flexibility index (Phi) is 15.3. The van der Waals surface area contributed by atoms with E-state index in [0.29, 0.717) is 45.4 Å². The maximum atomic E-state index is 11.6. The van der Waals surface area contributed by atoms with Crippen LogP contribution < -0.4 is 9.64 Å². The number of thioether (sulfide) groups is 1. The van der Waals surface area contributed by atoms with Gasteiger partial charge in [0.15, 0.2) is 0 Å². The number of imidazole rings is 2. The van der Waals surface area contributed by atoms with E-state index < -0.39 is 5.79 Å². The average Bonchev–Trinajstić information content (AvgIpc) is 4.04. The summed E-state index contributed by atoms with van der Waals surface area (Å²) in [5.74, 6) is 0.669. The molecular formula is C44H43Cl5N6O4S. The molecule has 2 aromatic heterocycles. The van der Waals surface area contributed by atoms with Gasteiger partial charge in [-0.1, -0.05) is 82.3 Å². The number of hydrogen-bond acceptors (Lipinski definition) is 8. The molecule has 1 amide bonds. The van der Waals surface area contributed by atoms with E-state index in [-0.39, 0.29) is 17.3 Å². The number of aromatic nitrogens is 4. The minimum Gasteiger partial charge on any atom is -0.491 e. The van der Waals surface area contributed by atoms with Crippen molar-refractivity contribution >= 4 is 81.4 Å². The van der Waals surface area contributed by atoms with Crippen molar-refractivity contribution in [1.29, 1.82) is 0 Å². The fourth-order valence-corrected chi connectivity index (χ4v) is 9.50. The molecule has 0 saturated carbocycles. The van der Waals surface area contributed by atoms with Gasteiger partial charge in [-0.3, -0.25) is 4.79 Å². The number of rotatable bonds is 13. The van der Waals surface area contributed by atoms with Crippen molar-refractivity contribution in [3.63, 3.8) is 0 Å². The SMILES string of the molecule is CC(=O)N1CCN(c2ccc(OC[C@H]3CO[C@](Cn4ccnc4)(c4ccc(Cl)cc4Cl)O3)cc2)CC1.Clc1ccc(CSC(Cn2ccnc2)c2ccc(Cl)cc2Cl)cc1. The van der Waals surface area contributed by atoms with Crippen LogP contribution in [-0.4, -0.2) is 75.4 Å². The van der Waals surface area contributed by atoms with E-state index in [9.17, 15) is 4.79 Å². The van der Waals surface area contributed by atoms with Crippen LogP contribution in [0.3, 0.4) is 0 Å². The van der Waals surface area contributed by atoms with E-state index in [1.807, 2.05) is 107 Å². The van der Waals surface area contributed by atoms with Gasteiger partial charge < -0.3 is 33.1 Å². The summed E-state index contributed by atoms with van der Waals surface area (Å²) in [4.78, 5) is 23.9. The zero-order valence-electron chi connectivity index (χ0n) is 32.7. The summed E-state index contributed by atoms with van der Waals surface area (Å²) in [7, 11) is 0. The van der Waals surface area contributed by atoms with Crippen molar-refractivity contribution in [2.75, 3.05) is 44.3 Å². The summed E-state index contributed by atoms with van der Waals surface area (Å²) < 4.78 is 22.7. The van der Waals surface area contributed by atoms with E-state index >= 15 is 0 Å². The molecule has 3 atom stereocenters. The van der Waals surface area contributed by atoms with Crippen LogP contribution in [0.5, 0.6) is 5.75 Å². The van der Waals surface area contributed by atoms with Crippen LogP contribution >= 0.6 is 69.8 Å². The van der Waals surface area contributed by atoms with E-state index in [0.717, 1.165) is 60.5 Å². The van der Waals surface area contributed by atoms with Crippen LogP contribution in [0.25, 0.3) is 0 Å². The molecular weight excluding hydrogens is 886 g/mol. The predicted octanol–water partition coefficient (Wildman–Crippen LogP) is 10.7. The maximum absolute atomic E-state index is 11.6. The molecule has 0 N–H and O–H groups in total. The first kappa shape index (κ1) is 44.2. The fourth-order valence-electron chi connectivity index (χ4n) is 6.96. The first-order valence-corrected chi connectivity index (χ1v) is 22.2. The molecule has 0 bridgehead atoms. The first-order chi connectivity index (χ1) is 29.0. The number of halogens is 5. The average molecular weight is 929 g/mol. The summed E-state index contributed by atoms with van der Waals surface area (Å²) in [6.45, 7) is 6.59. The molecule has 0 radical (unpaired) electrons. The molecule has 2 aliphatic rings. The molecule has 314 valence electrons. The lowest BCUT2D eigenvalue weighted by Gasteiger charge is -2.35. The lowest BCUT2D eigenvalue weighted by atomic mass is 10.1. The van der Waals surface area contributed by atoms with Gasteiger partial charge in [0.2, 0.25) is 11.7 Å². The summed E-state index contributed by atoms with van der Waals surface area (Å²) in [5.41, 5.74) is 4.13. The van der Waals surface area contributed by atoms with Gasteiger partial charge in [0.25, 0.3) is 0 Å². The minimum atomic E-state index is -1.08. The second-order valence-corrected chi connectivity index (χ2v) is 17.6. The van der Waals surface area contributed by atoms with E-state index in [4.69, 9.17) is 72.2 Å². The molecule has 10 nitrogen and oxygen atoms in total. The molecule has 2 saturated heterocycles. The second kappa shape index (κ2) is 20.8. The molecule has 2 fully saturated rings. The Morgan fingerprint density at radius 2 is 1.47 bits per heavy atom. The number of carbonyl (C=O) groups excluding carboxylic acids is 1. The van der Waals surface area contributed by atoms with Gasteiger partial charge in [-0.2, -0.15) is 0 Å². The molecule has 0 spiro atoms. The third-order valence-corrected chi connectivity index (χ3v) is 12.8. The van der Waals surface area contributed by atoms with Crippen molar-refractivity contribution in [2.24, 2.45) is 0 Å². The van der Waals surface area contributed by atoms with Gasteiger partial charge in [-0.05, 0) is 71.8 Å². The number of carbonyl (C=O) groups is 1. The molecule has 4 heterocycles. The first-order valence-electron chi connectivity index (χ1n) is 19.3. The molecule has 16 heteroatoms. The highest BCUT2D eigenvalue weighted by Gasteiger charge is 2.45. The van der Waals surface area contributed by atoms with Gasteiger partial charge in [-0.25, -0.2) is 9.97 Å². The highest BCUT2D eigenvalue weighted by molar-refractivity contribution is 7.98. The molecule has 60 heavy (non-hydrogen) atoms. The van der Waals surface area contributed by atoms with Crippen LogP contribution in [0.15, 0.2) is 122 Å². The van der Waals surface area contributed by atoms with Gasteiger partial charge >= 0.3 is 0 Å². The van der Waals surface area contributed by atoms with E-state index in [1.54, 1.807) is 43.8 Å². The number of anilines is 1. The Balaban J connectivity index is 0.000000197. The summed E-state index contributed by atoms with van der Waals surface area (Å²) in [6, 6.07) is 26.9. The van der Waals surface area contributed by atoms with Crippen molar-refractivity contribution in [2.45, 2.75) is 42.9 Å². The van der Waals surface area contributed by atoms with Gasteiger partial charge in [-0.15, -0.1) is 11.8 Å². The van der Waals surface area contributed by atoms with Crippen LogP contribution in [0.2, 0.25) is 25.1 Å². The zero-order chi connectivity index (χ0) is 42.1. The molecule has 8 rings (SSSR count). The monoisotopic (exact) mass is 926 g/mol. The molecule has 2 aliphatic heterocycles. The largest absolute Gasteiger partial charge is 0.491 e. The highest BCUT2D eigenvalue weighted by Crippen LogP contribution is 2.41. The third kappa shape index (κ3) is 11.7. The van der Waals surface area contributed by atoms with Crippen LogP contribution in [0.4, 0.5) is 5.69 Å². The van der Waals surface area contributed by atoms with Gasteiger partial charge in [0, 0.05) is 107 Å². The van der Waals surface area contributed by atoms with E-state index in [2.05, 4.69) is 19.4 Å². The fraction of sp³-hybridized carbons (Fsp3) is 0.295. The van der Waals surface area contributed by atoms with Crippen molar-refractivity contribution < 1.29 is 19.0 Å². The number of ether oxygens (including phenoxy) is 3. The number of nitrogens with zero attached hydrogens (tertiary/aromatic N) is 6. The van der Waals surface area contributed by atoms with Crippen LogP contribution in [-0.2, 0) is 38.9 Å². The van der Waals surface area contributed by atoms with Crippen molar-refractivity contribution in [1.82, 2.24) is 24.0 Å². The Morgan fingerprint density at radius 1 is 0.817 bits per heavy atom. The third-order valence-electron chi connectivity index (χ3n) is 10.1. The maximum Gasteiger partial charge on any atom is 0.219 e. The molecule has 0 aliphatic carbocycles. The molecule has 4 aromatic carbocycles. The number of hydrogen-bond donors (Lipinski definition) is 0. The Morgan fingerprint density at radius 3 is 2.10 bits per heavy atom. The number of amides is 1. The predicted molar refractivity (Wildman–Crippen MR) is 242 cm³/mol. The molecule has 1 unspecified atom stereocenters. The summed E-state index contributed by atoms with van der Waals surface area (Å²) in [5, 5.41) is 3.30. The Labute approximate surface area is 379 Å². The standard InChI is InChI=1S/C26H28Cl2N4O4.C18H15Cl3N2S/c1-19(33)31-10-12-32(13-11-31)21-3-5-22(6-4-21)34-15-23-16-35-26(36-23,17-30-9-8-29-18-30)24-7-2-20(27)14-25(24)28;19-14-3-1-13(2-4-14)11-24-18(10-23-8-7-22-12-23)16-6-5-15(20)9-17(16)21/h2-9,14,18,23H,10-13,15-17H2,1H3;1-9,12,18H,10-11H2/t23-,26-;/m0./s1. The topological polar surface area (TPSA) is 86.9 Å². The Bertz CT molecular complexity index is 2300. The van der Waals surface area contributed by atoms with Gasteiger partial charge in [0.1, 0.15) is 18.5 Å². The smallest absolute Gasteiger partial charge is 0.219 e. The number of benzene rings is 4. The lowest BCUT2D eigenvalue weighted by molar-refractivity contribution is -0.189. The van der Waals surface area contributed by atoms with Crippen molar-refractivity contribution in [3.05, 3.63) is 164 Å². The van der Waals surface area contributed by atoms with Gasteiger partial charge in [0.05, 0.1) is 30.8 Å². The second-order valence-electron chi connectivity index (χ2n) is 14.3. The quantitative estimate of drug-likeness (QED) is 0.113. The zero-order valence-corrected chi connectivity index (χ0v) is 37.3. The van der Waals surface area contributed by atoms with E-state index in [1.165, 1.54) is 5.56 Å². The number of piperazine rings is 1. The summed E-state index contributed by atoms with van der Waals surface area (Å²) in [6.07, 6.45) is 10.5.